The number of carbonyl (C=O) groups excluding carboxylic acids is 2. The van der Waals surface area contributed by atoms with Gasteiger partial charge in [0.1, 0.15) is 0 Å². The summed E-state index contributed by atoms with van der Waals surface area (Å²) in [6, 6.07) is 4.91. The van der Waals surface area contributed by atoms with Crippen molar-refractivity contribution in [2.45, 2.75) is 32.2 Å². The number of anilines is 1. The molecule has 1 rings (SSSR count). The Labute approximate surface area is 123 Å². The predicted octanol–water partition coefficient (Wildman–Crippen LogP) is 2.16. The summed E-state index contributed by atoms with van der Waals surface area (Å²) >= 11 is 5.94. The standard InChI is InChI=1S/C14H20ClN3O2/c1-9(16)4-3-5-13(19)18-10-6-7-12(15)11(8-10)14(20)17-2/h6-9H,3-5,16H2,1-2H3,(H,17,20)(H,18,19). The summed E-state index contributed by atoms with van der Waals surface area (Å²) in [7, 11) is 1.53. The van der Waals surface area contributed by atoms with Crippen molar-refractivity contribution in [2.75, 3.05) is 12.4 Å². The van der Waals surface area contributed by atoms with Gasteiger partial charge in [-0.3, -0.25) is 9.59 Å². The van der Waals surface area contributed by atoms with Gasteiger partial charge in [0.25, 0.3) is 5.91 Å². The first-order valence-electron chi connectivity index (χ1n) is 6.51. The predicted molar refractivity (Wildman–Crippen MR) is 81.0 cm³/mol. The van der Waals surface area contributed by atoms with Crippen molar-refractivity contribution in [3.05, 3.63) is 28.8 Å². The fourth-order valence-corrected chi connectivity index (χ4v) is 1.92. The molecule has 1 unspecified atom stereocenters. The summed E-state index contributed by atoms with van der Waals surface area (Å²) in [5.74, 6) is -0.390. The van der Waals surface area contributed by atoms with Crippen LogP contribution < -0.4 is 16.4 Å². The molecule has 0 heterocycles. The molecule has 6 heteroatoms. The lowest BCUT2D eigenvalue weighted by molar-refractivity contribution is -0.116. The summed E-state index contributed by atoms with van der Waals surface area (Å²) in [6.45, 7) is 1.91. The van der Waals surface area contributed by atoms with E-state index in [9.17, 15) is 9.59 Å². The van der Waals surface area contributed by atoms with Gasteiger partial charge in [0.05, 0.1) is 10.6 Å². The van der Waals surface area contributed by atoms with Crippen molar-refractivity contribution in [3.8, 4) is 0 Å². The van der Waals surface area contributed by atoms with E-state index in [1.54, 1.807) is 18.2 Å². The number of hydrogen-bond acceptors (Lipinski definition) is 3. The first-order chi connectivity index (χ1) is 9.43. The molecule has 0 bridgehead atoms. The first kappa shape index (κ1) is 16.5. The van der Waals surface area contributed by atoms with Crippen molar-refractivity contribution < 1.29 is 9.59 Å². The van der Waals surface area contributed by atoms with Gasteiger partial charge in [-0.25, -0.2) is 0 Å². The van der Waals surface area contributed by atoms with Gasteiger partial charge in [0.15, 0.2) is 0 Å². The molecule has 0 saturated heterocycles. The van der Waals surface area contributed by atoms with Gasteiger partial charge in [0.2, 0.25) is 5.91 Å². The zero-order valence-electron chi connectivity index (χ0n) is 11.7. The van der Waals surface area contributed by atoms with Crippen molar-refractivity contribution >= 4 is 29.1 Å². The molecule has 110 valence electrons. The van der Waals surface area contributed by atoms with Crippen LogP contribution in [-0.4, -0.2) is 24.9 Å². The maximum atomic E-state index is 11.7. The lowest BCUT2D eigenvalue weighted by atomic mass is 10.1. The second-order valence-electron chi connectivity index (χ2n) is 4.69. The van der Waals surface area contributed by atoms with E-state index in [0.29, 0.717) is 22.7 Å². The quantitative estimate of drug-likeness (QED) is 0.752. The van der Waals surface area contributed by atoms with Crippen molar-refractivity contribution in [1.29, 1.82) is 0 Å². The summed E-state index contributed by atoms with van der Waals surface area (Å²) < 4.78 is 0. The Morgan fingerprint density at radius 3 is 2.70 bits per heavy atom. The molecule has 0 saturated carbocycles. The number of carbonyl (C=O) groups is 2. The lowest BCUT2D eigenvalue weighted by Crippen LogP contribution is -2.19. The van der Waals surface area contributed by atoms with Crippen molar-refractivity contribution in [2.24, 2.45) is 5.73 Å². The molecule has 4 N–H and O–H groups in total. The molecule has 0 fully saturated rings. The van der Waals surface area contributed by atoms with E-state index >= 15 is 0 Å². The molecule has 1 aromatic rings. The minimum atomic E-state index is -0.289. The van der Waals surface area contributed by atoms with Crippen LogP contribution in [0.25, 0.3) is 0 Å². The zero-order chi connectivity index (χ0) is 15.1. The second-order valence-corrected chi connectivity index (χ2v) is 5.10. The summed E-state index contributed by atoms with van der Waals surface area (Å²) in [5, 5.41) is 5.59. The highest BCUT2D eigenvalue weighted by molar-refractivity contribution is 6.34. The number of nitrogens with one attached hydrogen (secondary N) is 2. The van der Waals surface area contributed by atoms with Gasteiger partial charge >= 0.3 is 0 Å². The van der Waals surface area contributed by atoms with Gasteiger partial charge in [-0.15, -0.1) is 0 Å². The monoisotopic (exact) mass is 297 g/mol. The van der Waals surface area contributed by atoms with Gasteiger partial charge in [-0.1, -0.05) is 11.6 Å². The highest BCUT2D eigenvalue weighted by Crippen LogP contribution is 2.20. The Kier molecular flexibility index (Phi) is 6.48. The van der Waals surface area contributed by atoms with Gasteiger partial charge < -0.3 is 16.4 Å². The van der Waals surface area contributed by atoms with E-state index in [4.69, 9.17) is 17.3 Å². The minimum Gasteiger partial charge on any atom is -0.355 e. The number of rotatable bonds is 6. The van der Waals surface area contributed by atoms with E-state index in [2.05, 4.69) is 10.6 Å². The SMILES string of the molecule is CNC(=O)c1cc(NC(=O)CCCC(C)N)ccc1Cl. The van der Waals surface area contributed by atoms with Crippen LogP contribution in [0.4, 0.5) is 5.69 Å². The molecule has 0 aliphatic carbocycles. The van der Waals surface area contributed by atoms with E-state index in [0.717, 1.165) is 12.8 Å². The molecule has 1 aromatic carbocycles. The van der Waals surface area contributed by atoms with Crippen LogP contribution in [0.2, 0.25) is 5.02 Å². The highest BCUT2D eigenvalue weighted by atomic mass is 35.5. The molecule has 0 aliphatic rings. The van der Waals surface area contributed by atoms with E-state index in [-0.39, 0.29) is 17.9 Å². The third-order valence-electron chi connectivity index (χ3n) is 2.79. The van der Waals surface area contributed by atoms with E-state index < -0.39 is 0 Å². The molecular formula is C14H20ClN3O2. The maximum absolute atomic E-state index is 11.7. The van der Waals surface area contributed by atoms with Crippen LogP contribution in [0.15, 0.2) is 18.2 Å². The van der Waals surface area contributed by atoms with Crippen LogP contribution in [-0.2, 0) is 4.79 Å². The fourth-order valence-electron chi connectivity index (χ4n) is 1.72. The molecular weight excluding hydrogens is 278 g/mol. The molecule has 20 heavy (non-hydrogen) atoms. The molecule has 0 radical (unpaired) electrons. The molecule has 5 nitrogen and oxygen atoms in total. The fraction of sp³-hybridized carbons (Fsp3) is 0.429. The summed E-state index contributed by atoms with van der Waals surface area (Å²) in [6.07, 6.45) is 1.94. The number of amides is 2. The van der Waals surface area contributed by atoms with Gasteiger partial charge in [-0.2, -0.15) is 0 Å². The number of halogens is 1. The van der Waals surface area contributed by atoms with Crippen molar-refractivity contribution in [3.63, 3.8) is 0 Å². The molecule has 0 aliphatic heterocycles. The third-order valence-corrected chi connectivity index (χ3v) is 3.11. The molecule has 1 atom stereocenters. The molecule has 0 aromatic heterocycles. The Hall–Kier alpha value is -1.59. The van der Waals surface area contributed by atoms with Crippen LogP contribution in [0.3, 0.4) is 0 Å². The molecule has 2 amide bonds. The Morgan fingerprint density at radius 2 is 2.10 bits per heavy atom. The van der Waals surface area contributed by atoms with Crippen LogP contribution in [0, 0.1) is 0 Å². The maximum Gasteiger partial charge on any atom is 0.252 e. The number of nitrogens with two attached hydrogens (primary N) is 1. The van der Waals surface area contributed by atoms with Crippen LogP contribution >= 0.6 is 11.6 Å². The smallest absolute Gasteiger partial charge is 0.252 e. The van der Waals surface area contributed by atoms with Crippen LogP contribution in [0.5, 0.6) is 0 Å². The first-order valence-corrected chi connectivity index (χ1v) is 6.89. The Morgan fingerprint density at radius 1 is 1.40 bits per heavy atom. The normalized spacial score (nSPS) is 11.8. The number of benzene rings is 1. The zero-order valence-corrected chi connectivity index (χ0v) is 12.5. The third kappa shape index (κ3) is 5.19. The van der Waals surface area contributed by atoms with Crippen molar-refractivity contribution in [1.82, 2.24) is 5.32 Å². The Balaban J connectivity index is 2.64. The van der Waals surface area contributed by atoms with Crippen LogP contribution in [0.1, 0.15) is 36.5 Å². The summed E-state index contributed by atoms with van der Waals surface area (Å²) in [4.78, 5) is 23.3. The lowest BCUT2D eigenvalue weighted by Gasteiger charge is -2.09. The largest absolute Gasteiger partial charge is 0.355 e. The Bertz CT molecular complexity index is 489. The molecule has 0 spiro atoms. The average molecular weight is 298 g/mol. The van der Waals surface area contributed by atoms with E-state index in [1.165, 1.54) is 7.05 Å². The highest BCUT2D eigenvalue weighted by Gasteiger charge is 2.11. The minimum absolute atomic E-state index is 0.0955. The topological polar surface area (TPSA) is 84.2 Å². The second kappa shape index (κ2) is 7.87. The van der Waals surface area contributed by atoms with Gasteiger partial charge in [0, 0.05) is 25.2 Å². The summed E-state index contributed by atoms with van der Waals surface area (Å²) in [5.41, 5.74) is 6.52. The average Bonchev–Trinajstić information content (AvgIpc) is 2.39. The van der Waals surface area contributed by atoms with Gasteiger partial charge in [-0.05, 0) is 38.0 Å². The van der Waals surface area contributed by atoms with E-state index in [1.807, 2.05) is 6.92 Å². The number of hydrogen-bond donors (Lipinski definition) is 3.